The van der Waals surface area contributed by atoms with Gasteiger partial charge in [0, 0.05) is 44.9 Å². The lowest BCUT2D eigenvalue weighted by molar-refractivity contribution is -0.133. The minimum absolute atomic E-state index is 0.0119. The molecule has 1 spiro atoms. The number of aromatic nitrogens is 1. The molecular weight excluding hydrogens is 306 g/mol. The number of ether oxygens (including phenoxy) is 1. The molecule has 0 aromatic carbocycles. The third-order valence-corrected chi connectivity index (χ3v) is 5.62. The molecule has 1 aliphatic carbocycles. The van der Waals surface area contributed by atoms with Gasteiger partial charge in [0.15, 0.2) is 0 Å². The summed E-state index contributed by atoms with van der Waals surface area (Å²) in [6, 6.07) is 3.91. The number of rotatable bonds is 5. The minimum atomic E-state index is -0.0121. The van der Waals surface area contributed by atoms with Crippen LogP contribution in [0.3, 0.4) is 0 Å². The van der Waals surface area contributed by atoms with E-state index in [1.54, 1.807) is 7.11 Å². The first kappa shape index (κ1) is 17.0. The summed E-state index contributed by atoms with van der Waals surface area (Å²) in [5, 5.41) is 3.15. The summed E-state index contributed by atoms with van der Waals surface area (Å²) < 4.78 is 6.99. The molecule has 1 aliphatic heterocycles. The fraction of sp³-hybridized carbons (Fsp3) is 0.667. The third-order valence-electron chi connectivity index (χ3n) is 5.62. The van der Waals surface area contributed by atoms with Crippen LogP contribution < -0.4 is 5.32 Å². The van der Waals surface area contributed by atoms with E-state index in [0.29, 0.717) is 25.3 Å². The molecule has 2 fully saturated rings. The molecule has 2 amide bonds. The Bertz CT molecular complexity index is 602. The van der Waals surface area contributed by atoms with Crippen molar-refractivity contribution in [2.24, 2.45) is 7.05 Å². The van der Waals surface area contributed by atoms with Gasteiger partial charge in [0.1, 0.15) is 5.69 Å². The fourth-order valence-corrected chi connectivity index (χ4v) is 4.19. The highest BCUT2D eigenvalue weighted by Gasteiger charge is 2.46. The SMILES string of the molecule is COCCN1C(=O)CCC12CCC(NC(=O)c1cccn1C)CC2. The minimum Gasteiger partial charge on any atom is -0.383 e. The lowest BCUT2D eigenvalue weighted by Gasteiger charge is -2.44. The first-order chi connectivity index (χ1) is 11.6. The Morgan fingerprint density at radius 3 is 2.75 bits per heavy atom. The molecule has 3 rings (SSSR count). The van der Waals surface area contributed by atoms with E-state index < -0.39 is 0 Å². The highest BCUT2D eigenvalue weighted by molar-refractivity contribution is 5.92. The molecule has 6 heteroatoms. The summed E-state index contributed by atoms with van der Waals surface area (Å²) in [5.41, 5.74) is 0.676. The van der Waals surface area contributed by atoms with Crippen molar-refractivity contribution >= 4 is 11.8 Å². The topological polar surface area (TPSA) is 63.6 Å². The summed E-state index contributed by atoms with van der Waals surface area (Å²) >= 11 is 0. The Kier molecular flexibility index (Phi) is 4.94. The molecule has 0 radical (unpaired) electrons. The van der Waals surface area contributed by atoms with E-state index in [1.165, 1.54) is 0 Å². The van der Waals surface area contributed by atoms with Crippen molar-refractivity contribution in [3.63, 3.8) is 0 Å². The average Bonchev–Trinajstić information content (AvgIpc) is 3.13. The van der Waals surface area contributed by atoms with Gasteiger partial charge < -0.3 is 19.5 Å². The monoisotopic (exact) mass is 333 g/mol. The van der Waals surface area contributed by atoms with Gasteiger partial charge in [0.05, 0.1) is 6.61 Å². The van der Waals surface area contributed by atoms with Crippen molar-refractivity contribution in [1.82, 2.24) is 14.8 Å². The van der Waals surface area contributed by atoms with Crippen molar-refractivity contribution in [1.29, 1.82) is 0 Å². The van der Waals surface area contributed by atoms with Gasteiger partial charge in [-0.3, -0.25) is 9.59 Å². The summed E-state index contributed by atoms with van der Waals surface area (Å²) in [6.07, 6.45) is 7.22. The maximum absolute atomic E-state index is 12.4. The molecule has 2 heterocycles. The largest absolute Gasteiger partial charge is 0.383 e. The first-order valence-electron chi connectivity index (χ1n) is 8.77. The van der Waals surface area contributed by atoms with Gasteiger partial charge in [-0.1, -0.05) is 0 Å². The second kappa shape index (κ2) is 6.97. The van der Waals surface area contributed by atoms with Crippen molar-refractivity contribution in [3.8, 4) is 0 Å². The van der Waals surface area contributed by atoms with Gasteiger partial charge in [-0.15, -0.1) is 0 Å². The smallest absolute Gasteiger partial charge is 0.268 e. The van der Waals surface area contributed by atoms with Crippen molar-refractivity contribution < 1.29 is 14.3 Å². The first-order valence-corrected chi connectivity index (χ1v) is 8.77. The second-order valence-corrected chi connectivity index (χ2v) is 7.01. The van der Waals surface area contributed by atoms with Crippen LogP contribution in [-0.4, -0.2) is 53.1 Å². The zero-order valence-corrected chi connectivity index (χ0v) is 14.6. The third kappa shape index (κ3) is 3.20. The van der Waals surface area contributed by atoms with E-state index in [1.807, 2.05) is 34.8 Å². The Morgan fingerprint density at radius 2 is 2.12 bits per heavy atom. The van der Waals surface area contributed by atoms with Gasteiger partial charge in [0.25, 0.3) is 5.91 Å². The maximum atomic E-state index is 12.4. The highest BCUT2D eigenvalue weighted by Crippen LogP contribution is 2.42. The van der Waals surface area contributed by atoms with Crippen LogP contribution in [0.5, 0.6) is 0 Å². The molecule has 2 aliphatic rings. The number of hydrogen-bond acceptors (Lipinski definition) is 3. The number of amides is 2. The van der Waals surface area contributed by atoms with E-state index in [4.69, 9.17) is 4.74 Å². The Labute approximate surface area is 143 Å². The summed E-state index contributed by atoms with van der Waals surface area (Å²) in [6.45, 7) is 1.26. The van der Waals surface area contributed by atoms with Crippen LogP contribution >= 0.6 is 0 Å². The number of hydrogen-bond donors (Lipinski definition) is 1. The Balaban J connectivity index is 1.58. The zero-order valence-electron chi connectivity index (χ0n) is 14.6. The Morgan fingerprint density at radius 1 is 1.38 bits per heavy atom. The van der Waals surface area contributed by atoms with Crippen LogP contribution in [0.25, 0.3) is 0 Å². The maximum Gasteiger partial charge on any atom is 0.268 e. The van der Waals surface area contributed by atoms with Crippen LogP contribution in [-0.2, 0) is 16.6 Å². The molecule has 1 aromatic heterocycles. The number of nitrogens with zero attached hydrogens (tertiary/aromatic N) is 2. The molecular formula is C18H27N3O3. The number of methoxy groups -OCH3 is 1. The normalized spacial score (nSPS) is 27.0. The van der Waals surface area contributed by atoms with Crippen LogP contribution in [0, 0.1) is 0 Å². The van der Waals surface area contributed by atoms with Gasteiger partial charge in [-0.2, -0.15) is 0 Å². The molecule has 0 unspecified atom stereocenters. The van der Waals surface area contributed by atoms with Crippen LogP contribution in [0.2, 0.25) is 0 Å². The lowest BCUT2D eigenvalue weighted by atomic mass is 9.77. The quantitative estimate of drug-likeness (QED) is 0.892. The number of likely N-dealkylation sites (tertiary alicyclic amines) is 1. The lowest BCUT2D eigenvalue weighted by Crippen LogP contribution is -2.52. The Hall–Kier alpha value is -1.82. The highest BCUT2D eigenvalue weighted by atomic mass is 16.5. The van der Waals surface area contributed by atoms with Crippen LogP contribution in [0.15, 0.2) is 18.3 Å². The molecule has 1 saturated heterocycles. The van der Waals surface area contributed by atoms with Crippen molar-refractivity contribution in [2.75, 3.05) is 20.3 Å². The van der Waals surface area contributed by atoms with Gasteiger partial charge in [-0.25, -0.2) is 0 Å². The summed E-state index contributed by atoms with van der Waals surface area (Å²) in [4.78, 5) is 26.6. The molecule has 1 N–H and O–H groups in total. The zero-order chi connectivity index (χ0) is 17.2. The van der Waals surface area contributed by atoms with E-state index in [2.05, 4.69) is 5.32 Å². The van der Waals surface area contributed by atoms with Gasteiger partial charge >= 0.3 is 0 Å². The van der Waals surface area contributed by atoms with Crippen LogP contribution in [0.4, 0.5) is 0 Å². The predicted octanol–water partition coefficient (Wildman–Crippen LogP) is 1.71. The van der Waals surface area contributed by atoms with Crippen molar-refractivity contribution in [2.45, 2.75) is 50.1 Å². The van der Waals surface area contributed by atoms with Crippen LogP contribution in [0.1, 0.15) is 49.0 Å². The van der Waals surface area contributed by atoms with E-state index >= 15 is 0 Å². The standard InChI is InChI=1S/C18H27N3O3/c1-20-11-3-4-15(20)17(23)19-14-5-8-18(9-6-14)10-7-16(22)21(18)12-13-24-2/h3-4,11,14H,5-10,12-13H2,1-2H3,(H,19,23). The fourth-order valence-electron chi connectivity index (χ4n) is 4.19. The number of carbonyl (C=O) groups is 2. The predicted molar refractivity (Wildman–Crippen MR) is 90.7 cm³/mol. The molecule has 1 aromatic rings. The average molecular weight is 333 g/mol. The second-order valence-electron chi connectivity index (χ2n) is 7.01. The van der Waals surface area contributed by atoms with E-state index in [9.17, 15) is 9.59 Å². The number of nitrogens with one attached hydrogen (secondary N) is 1. The summed E-state index contributed by atoms with van der Waals surface area (Å²) in [7, 11) is 3.55. The van der Waals surface area contributed by atoms with E-state index in [0.717, 1.165) is 32.1 Å². The molecule has 132 valence electrons. The molecule has 24 heavy (non-hydrogen) atoms. The molecule has 0 atom stereocenters. The molecule has 1 saturated carbocycles. The molecule has 0 bridgehead atoms. The van der Waals surface area contributed by atoms with Gasteiger partial charge in [0.2, 0.25) is 5.91 Å². The van der Waals surface area contributed by atoms with Gasteiger partial charge in [-0.05, 0) is 44.2 Å². The number of aryl methyl sites for hydroxylation is 1. The number of carbonyl (C=O) groups excluding carboxylic acids is 2. The molecule has 6 nitrogen and oxygen atoms in total. The summed E-state index contributed by atoms with van der Waals surface area (Å²) in [5.74, 6) is 0.237. The van der Waals surface area contributed by atoms with Crippen molar-refractivity contribution in [3.05, 3.63) is 24.0 Å². The van der Waals surface area contributed by atoms with E-state index in [-0.39, 0.29) is 23.4 Å².